The van der Waals surface area contributed by atoms with Gasteiger partial charge in [-0.1, -0.05) is 19.1 Å². The zero-order valence-corrected chi connectivity index (χ0v) is 12.9. The number of benzene rings is 1. The van der Waals surface area contributed by atoms with Gasteiger partial charge in [0.25, 0.3) is 5.69 Å². The topological polar surface area (TPSA) is 104 Å². The van der Waals surface area contributed by atoms with Gasteiger partial charge in [0.2, 0.25) is 23.4 Å². The van der Waals surface area contributed by atoms with Crippen LogP contribution in [0.2, 0.25) is 0 Å². The van der Waals surface area contributed by atoms with Crippen molar-refractivity contribution in [2.24, 2.45) is 0 Å². The second-order valence-electron chi connectivity index (χ2n) is 4.53. The number of methoxy groups -OCH3 is 2. The van der Waals surface area contributed by atoms with E-state index in [1.807, 2.05) is 0 Å². The number of ketones is 1. The molecule has 2 aromatic rings. The smallest absolute Gasteiger partial charge is 0.283 e. The van der Waals surface area contributed by atoms with Crippen molar-refractivity contribution < 1.29 is 19.2 Å². The van der Waals surface area contributed by atoms with Gasteiger partial charge in [0.15, 0.2) is 0 Å². The van der Waals surface area contributed by atoms with Gasteiger partial charge in [-0.2, -0.15) is 9.97 Å². The summed E-state index contributed by atoms with van der Waals surface area (Å²) in [6.07, 6.45) is 0.430. The summed E-state index contributed by atoms with van der Waals surface area (Å²) in [4.78, 5) is 31.3. The lowest BCUT2D eigenvalue weighted by Gasteiger charge is -2.07. The maximum absolute atomic E-state index is 12.6. The van der Waals surface area contributed by atoms with E-state index in [4.69, 9.17) is 9.47 Å². The second kappa shape index (κ2) is 6.82. The SMILES string of the molecule is CCc1cccc(C(=O)c2nc(OC)cc(OC)n2)c1[N+](=O)[O-]. The highest BCUT2D eigenvalue weighted by atomic mass is 16.6. The number of aromatic nitrogens is 2. The van der Waals surface area contributed by atoms with Gasteiger partial charge in [0.05, 0.1) is 25.2 Å². The molecule has 0 aliphatic carbocycles. The van der Waals surface area contributed by atoms with Gasteiger partial charge in [-0.25, -0.2) is 0 Å². The van der Waals surface area contributed by atoms with Crippen molar-refractivity contribution in [1.82, 2.24) is 9.97 Å². The van der Waals surface area contributed by atoms with Crippen LogP contribution in [0.3, 0.4) is 0 Å². The monoisotopic (exact) mass is 317 g/mol. The third kappa shape index (κ3) is 3.25. The summed E-state index contributed by atoms with van der Waals surface area (Å²) in [5.74, 6) is -0.620. The number of rotatable bonds is 6. The largest absolute Gasteiger partial charge is 0.481 e. The van der Waals surface area contributed by atoms with Crippen molar-refractivity contribution in [2.45, 2.75) is 13.3 Å². The molecule has 0 fully saturated rings. The molecule has 0 spiro atoms. The molecule has 0 bridgehead atoms. The predicted octanol–water partition coefficient (Wildman–Crippen LogP) is 2.20. The Bertz CT molecular complexity index is 739. The molecule has 120 valence electrons. The molecular weight excluding hydrogens is 302 g/mol. The maximum Gasteiger partial charge on any atom is 0.283 e. The summed E-state index contributed by atoms with van der Waals surface area (Å²) >= 11 is 0. The fourth-order valence-corrected chi connectivity index (χ4v) is 2.11. The van der Waals surface area contributed by atoms with Gasteiger partial charge >= 0.3 is 0 Å². The van der Waals surface area contributed by atoms with Crippen LogP contribution in [-0.2, 0) is 6.42 Å². The first-order valence-electron chi connectivity index (χ1n) is 6.79. The average molecular weight is 317 g/mol. The van der Waals surface area contributed by atoms with E-state index >= 15 is 0 Å². The van der Waals surface area contributed by atoms with E-state index < -0.39 is 10.7 Å². The predicted molar refractivity (Wildman–Crippen MR) is 81.0 cm³/mol. The van der Waals surface area contributed by atoms with Gasteiger partial charge in [-0.15, -0.1) is 0 Å². The Morgan fingerprint density at radius 1 is 1.22 bits per heavy atom. The molecule has 0 aliphatic heterocycles. The van der Waals surface area contributed by atoms with Gasteiger partial charge < -0.3 is 9.47 Å². The van der Waals surface area contributed by atoms with Crippen LogP contribution in [0.1, 0.15) is 28.7 Å². The summed E-state index contributed by atoms with van der Waals surface area (Å²) in [7, 11) is 2.77. The van der Waals surface area contributed by atoms with Crippen LogP contribution in [-0.4, -0.2) is 34.9 Å². The number of aryl methyl sites for hydroxylation is 1. The Morgan fingerprint density at radius 2 is 1.83 bits per heavy atom. The number of nitro benzene ring substituents is 1. The van der Waals surface area contributed by atoms with Crippen LogP contribution in [0.25, 0.3) is 0 Å². The zero-order chi connectivity index (χ0) is 17.0. The van der Waals surface area contributed by atoms with Crippen molar-refractivity contribution in [3.63, 3.8) is 0 Å². The van der Waals surface area contributed by atoms with Gasteiger partial charge in [0, 0.05) is 5.56 Å². The Balaban J connectivity index is 2.59. The number of hydrogen-bond acceptors (Lipinski definition) is 7. The molecule has 0 unspecified atom stereocenters. The first-order chi connectivity index (χ1) is 11.0. The molecule has 2 rings (SSSR count). The molecule has 0 atom stereocenters. The summed E-state index contributed by atoms with van der Waals surface area (Å²) in [5.41, 5.74) is 0.172. The molecular formula is C15H15N3O5. The molecule has 1 heterocycles. The Labute approximate surface area is 132 Å². The third-order valence-corrected chi connectivity index (χ3v) is 3.23. The van der Waals surface area contributed by atoms with Gasteiger partial charge in [-0.05, 0) is 12.5 Å². The van der Waals surface area contributed by atoms with Crippen molar-refractivity contribution in [3.05, 3.63) is 51.3 Å². The maximum atomic E-state index is 12.6. The number of hydrogen-bond donors (Lipinski definition) is 0. The molecule has 8 nitrogen and oxygen atoms in total. The fourth-order valence-electron chi connectivity index (χ4n) is 2.11. The van der Waals surface area contributed by atoms with Crippen molar-refractivity contribution in [1.29, 1.82) is 0 Å². The van der Waals surface area contributed by atoms with E-state index in [2.05, 4.69) is 9.97 Å². The van der Waals surface area contributed by atoms with Crippen molar-refractivity contribution >= 4 is 11.5 Å². The molecule has 0 saturated carbocycles. The third-order valence-electron chi connectivity index (χ3n) is 3.23. The summed E-state index contributed by atoms with van der Waals surface area (Å²) in [5, 5.41) is 11.3. The lowest BCUT2D eigenvalue weighted by Crippen LogP contribution is -2.12. The fraction of sp³-hybridized carbons (Fsp3) is 0.267. The number of carbonyl (C=O) groups is 1. The van der Waals surface area contributed by atoms with Crippen LogP contribution in [0.15, 0.2) is 24.3 Å². The molecule has 23 heavy (non-hydrogen) atoms. The molecule has 0 aliphatic rings. The normalized spacial score (nSPS) is 10.2. The molecule has 0 amide bonds. The lowest BCUT2D eigenvalue weighted by molar-refractivity contribution is -0.385. The molecule has 0 radical (unpaired) electrons. The van der Waals surface area contributed by atoms with Crippen molar-refractivity contribution in [3.8, 4) is 11.8 Å². The minimum absolute atomic E-state index is 0.0651. The highest BCUT2D eigenvalue weighted by Gasteiger charge is 2.26. The summed E-state index contributed by atoms with van der Waals surface area (Å²) in [6, 6.07) is 6.00. The van der Waals surface area contributed by atoms with E-state index in [1.165, 1.54) is 26.4 Å². The van der Waals surface area contributed by atoms with Crippen LogP contribution in [0, 0.1) is 10.1 Å². The van der Waals surface area contributed by atoms with Crippen LogP contribution in [0.5, 0.6) is 11.8 Å². The van der Waals surface area contributed by atoms with E-state index in [1.54, 1.807) is 19.1 Å². The summed E-state index contributed by atoms with van der Waals surface area (Å²) < 4.78 is 9.98. The number of nitro groups is 1. The Kier molecular flexibility index (Phi) is 4.85. The Morgan fingerprint density at radius 3 is 2.30 bits per heavy atom. The number of ether oxygens (including phenoxy) is 2. The van der Waals surface area contributed by atoms with Gasteiger partial charge in [0.1, 0.15) is 5.56 Å². The second-order valence-corrected chi connectivity index (χ2v) is 4.53. The van der Waals surface area contributed by atoms with Crippen LogP contribution >= 0.6 is 0 Å². The van der Waals surface area contributed by atoms with E-state index in [-0.39, 0.29) is 28.8 Å². The number of carbonyl (C=O) groups excluding carboxylic acids is 1. The first kappa shape index (κ1) is 16.3. The van der Waals surface area contributed by atoms with E-state index in [0.29, 0.717) is 12.0 Å². The first-order valence-corrected chi connectivity index (χ1v) is 6.79. The van der Waals surface area contributed by atoms with Crippen LogP contribution in [0.4, 0.5) is 5.69 Å². The highest BCUT2D eigenvalue weighted by Crippen LogP contribution is 2.27. The molecule has 1 aromatic carbocycles. The molecule has 0 saturated heterocycles. The molecule has 8 heteroatoms. The Hall–Kier alpha value is -3.03. The quantitative estimate of drug-likeness (QED) is 0.457. The average Bonchev–Trinajstić information content (AvgIpc) is 2.59. The zero-order valence-electron chi connectivity index (χ0n) is 12.9. The van der Waals surface area contributed by atoms with Crippen LogP contribution < -0.4 is 9.47 Å². The number of para-hydroxylation sites is 1. The lowest BCUT2D eigenvalue weighted by atomic mass is 10.0. The highest BCUT2D eigenvalue weighted by molar-refractivity contribution is 6.09. The minimum Gasteiger partial charge on any atom is -0.481 e. The number of nitrogens with zero attached hydrogens (tertiary/aromatic N) is 3. The van der Waals surface area contributed by atoms with Gasteiger partial charge in [-0.3, -0.25) is 14.9 Å². The van der Waals surface area contributed by atoms with E-state index in [0.717, 1.165) is 0 Å². The minimum atomic E-state index is -0.663. The molecule has 1 aromatic heterocycles. The summed E-state index contributed by atoms with van der Waals surface area (Å²) in [6.45, 7) is 1.78. The van der Waals surface area contributed by atoms with E-state index in [9.17, 15) is 14.9 Å². The standard InChI is InChI=1S/C15H15N3O5/c1-4-9-6-5-7-10(13(9)18(20)21)14(19)15-16-11(22-2)8-12(17-15)23-3/h5-8H,4H2,1-3H3. The molecule has 0 N–H and O–H groups in total. The van der Waals surface area contributed by atoms with Crippen molar-refractivity contribution in [2.75, 3.05) is 14.2 Å².